The van der Waals surface area contributed by atoms with Crippen molar-refractivity contribution >= 4 is 27.6 Å². The van der Waals surface area contributed by atoms with E-state index >= 15 is 0 Å². The van der Waals surface area contributed by atoms with E-state index in [1.807, 2.05) is 4.72 Å². The quantitative estimate of drug-likeness (QED) is 0.842. The average molecular weight is 342 g/mol. The number of benzene rings is 2. The van der Waals surface area contributed by atoms with Crippen LogP contribution in [0.2, 0.25) is 5.02 Å². The van der Waals surface area contributed by atoms with E-state index in [0.29, 0.717) is 16.5 Å². The maximum atomic E-state index is 11.8. The van der Waals surface area contributed by atoms with Crippen LogP contribution in [0.1, 0.15) is 0 Å². The van der Waals surface area contributed by atoms with Crippen LogP contribution in [0, 0.1) is 0 Å². The molecular weight excluding hydrogens is 330 g/mol. The molecule has 8 heteroatoms. The Morgan fingerprint density at radius 1 is 1.05 bits per heavy atom. The molecule has 0 heterocycles. The van der Waals surface area contributed by atoms with Crippen molar-refractivity contribution in [2.75, 3.05) is 6.54 Å². The van der Waals surface area contributed by atoms with Gasteiger partial charge in [0.05, 0.1) is 4.90 Å². The average Bonchev–Trinajstić information content (AvgIpc) is 2.48. The lowest BCUT2D eigenvalue weighted by Gasteiger charge is -2.08. The van der Waals surface area contributed by atoms with Gasteiger partial charge >= 0.3 is 5.97 Å². The van der Waals surface area contributed by atoms with Crippen LogP contribution in [0.3, 0.4) is 0 Å². The molecule has 6 nitrogen and oxygen atoms in total. The Labute approximate surface area is 132 Å². The van der Waals surface area contributed by atoms with E-state index in [-0.39, 0.29) is 4.90 Å². The highest BCUT2D eigenvalue weighted by molar-refractivity contribution is 7.89. The summed E-state index contributed by atoms with van der Waals surface area (Å²) < 4.78 is 31.1. The van der Waals surface area contributed by atoms with E-state index in [1.165, 1.54) is 24.3 Å². The fourth-order valence-electron chi connectivity index (χ4n) is 1.57. The first-order chi connectivity index (χ1) is 10.4. The maximum absolute atomic E-state index is 11.8. The molecule has 2 aromatic rings. The molecule has 0 aromatic heterocycles. The molecule has 0 aliphatic carbocycles. The van der Waals surface area contributed by atoms with Gasteiger partial charge in [0.1, 0.15) is 18.0 Å². The van der Waals surface area contributed by atoms with Crippen LogP contribution in [-0.2, 0) is 14.8 Å². The normalized spacial score (nSPS) is 11.1. The summed E-state index contributed by atoms with van der Waals surface area (Å²) in [7, 11) is -3.85. The third-order valence-electron chi connectivity index (χ3n) is 2.60. The minimum absolute atomic E-state index is 0.0443. The van der Waals surface area contributed by atoms with Crippen molar-refractivity contribution in [3.63, 3.8) is 0 Å². The first kappa shape index (κ1) is 16.3. The van der Waals surface area contributed by atoms with Gasteiger partial charge in [-0.1, -0.05) is 11.6 Å². The fraction of sp³-hybridized carbons (Fsp3) is 0.0714. The van der Waals surface area contributed by atoms with Gasteiger partial charge in [-0.25, -0.2) is 8.42 Å². The number of sulfonamides is 1. The fourth-order valence-corrected chi connectivity index (χ4v) is 2.67. The Bertz CT molecular complexity index is 757. The van der Waals surface area contributed by atoms with Crippen molar-refractivity contribution in [2.24, 2.45) is 0 Å². The zero-order valence-electron chi connectivity index (χ0n) is 11.2. The number of carboxylic acids is 1. The lowest BCUT2D eigenvalue weighted by molar-refractivity contribution is -0.135. The second-order valence-corrected chi connectivity index (χ2v) is 6.45. The summed E-state index contributed by atoms with van der Waals surface area (Å²) >= 11 is 5.77. The second kappa shape index (κ2) is 6.78. The molecule has 0 aliphatic rings. The number of hydrogen-bond acceptors (Lipinski definition) is 4. The molecule has 0 aliphatic heterocycles. The van der Waals surface area contributed by atoms with Gasteiger partial charge in [0, 0.05) is 5.02 Å². The topological polar surface area (TPSA) is 92.7 Å². The smallest absolute Gasteiger partial charge is 0.318 e. The van der Waals surface area contributed by atoms with E-state index in [2.05, 4.69) is 0 Å². The number of halogens is 1. The predicted molar refractivity (Wildman–Crippen MR) is 80.8 cm³/mol. The third-order valence-corrected chi connectivity index (χ3v) is 4.27. The number of carbonyl (C=O) groups is 1. The molecule has 0 bridgehead atoms. The van der Waals surface area contributed by atoms with Crippen LogP contribution in [0.15, 0.2) is 53.4 Å². The molecule has 2 rings (SSSR count). The maximum Gasteiger partial charge on any atom is 0.318 e. The van der Waals surface area contributed by atoms with Crippen molar-refractivity contribution in [2.45, 2.75) is 4.90 Å². The molecule has 0 amide bonds. The van der Waals surface area contributed by atoms with Crippen molar-refractivity contribution in [1.29, 1.82) is 0 Å². The number of hydrogen-bond donors (Lipinski definition) is 2. The summed E-state index contributed by atoms with van der Waals surface area (Å²) in [4.78, 5) is 10.4. The van der Waals surface area contributed by atoms with E-state index in [0.717, 1.165) is 0 Å². The molecular formula is C14H12ClNO5S. The van der Waals surface area contributed by atoms with Crippen molar-refractivity contribution in [1.82, 2.24) is 4.72 Å². The zero-order chi connectivity index (χ0) is 16.2. The number of carboxylic acid groups (broad SMARTS) is 1. The summed E-state index contributed by atoms with van der Waals surface area (Å²) in [6.07, 6.45) is 0. The number of ether oxygens (including phenoxy) is 1. The van der Waals surface area contributed by atoms with Gasteiger partial charge in [-0.05, 0) is 48.5 Å². The van der Waals surface area contributed by atoms with Crippen LogP contribution in [0.25, 0.3) is 0 Å². The minimum Gasteiger partial charge on any atom is -0.480 e. The highest BCUT2D eigenvalue weighted by Crippen LogP contribution is 2.24. The minimum atomic E-state index is -3.85. The summed E-state index contributed by atoms with van der Waals surface area (Å²) in [5, 5.41) is 9.08. The number of rotatable bonds is 6. The summed E-state index contributed by atoms with van der Waals surface area (Å²) in [5.41, 5.74) is 0. The second-order valence-electron chi connectivity index (χ2n) is 4.25. The first-order valence-electron chi connectivity index (χ1n) is 6.12. The Morgan fingerprint density at radius 2 is 1.55 bits per heavy atom. The van der Waals surface area contributed by atoms with E-state index in [1.54, 1.807) is 24.3 Å². The molecule has 0 spiro atoms. The molecule has 2 aromatic carbocycles. The number of nitrogens with one attached hydrogen (secondary N) is 1. The number of aliphatic carboxylic acids is 1. The van der Waals surface area contributed by atoms with E-state index in [4.69, 9.17) is 21.4 Å². The van der Waals surface area contributed by atoms with Crippen molar-refractivity contribution in [3.05, 3.63) is 53.6 Å². The van der Waals surface area contributed by atoms with Crippen molar-refractivity contribution < 1.29 is 23.1 Å². The SMILES string of the molecule is O=C(O)CNS(=O)(=O)c1ccc(Oc2ccc(Cl)cc2)cc1. The lowest BCUT2D eigenvalue weighted by Crippen LogP contribution is -2.29. The van der Waals surface area contributed by atoms with Gasteiger partial charge in [0.25, 0.3) is 0 Å². The van der Waals surface area contributed by atoms with E-state index < -0.39 is 22.5 Å². The Hall–Kier alpha value is -2.09. The molecule has 0 saturated carbocycles. The van der Waals surface area contributed by atoms with Crippen LogP contribution in [0.5, 0.6) is 11.5 Å². The molecule has 116 valence electrons. The molecule has 22 heavy (non-hydrogen) atoms. The van der Waals surface area contributed by atoms with Crippen LogP contribution >= 0.6 is 11.6 Å². The van der Waals surface area contributed by atoms with Crippen LogP contribution in [0.4, 0.5) is 0 Å². The molecule has 0 unspecified atom stereocenters. The zero-order valence-corrected chi connectivity index (χ0v) is 12.8. The summed E-state index contributed by atoms with van der Waals surface area (Å²) in [5.74, 6) is -0.255. The van der Waals surface area contributed by atoms with Gasteiger partial charge in [0.2, 0.25) is 10.0 Å². The molecule has 0 radical (unpaired) electrons. The summed E-state index contributed by atoms with van der Waals surface area (Å²) in [6.45, 7) is -0.675. The molecule has 0 fully saturated rings. The first-order valence-corrected chi connectivity index (χ1v) is 7.98. The van der Waals surface area contributed by atoms with Gasteiger partial charge in [0.15, 0.2) is 0 Å². The monoisotopic (exact) mass is 341 g/mol. The standard InChI is InChI=1S/C14H12ClNO5S/c15-10-1-3-11(4-2-10)21-12-5-7-13(8-6-12)22(19,20)16-9-14(17)18/h1-8,16H,9H2,(H,17,18). The van der Waals surface area contributed by atoms with Crippen molar-refractivity contribution in [3.8, 4) is 11.5 Å². The highest BCUT2D eigenvalue weighted by atomic mass is 35.5. The van der Waals surface area contributed by atoms with E-state index in [9.17, 15) is 13.2 Å². The van der Waals surface area contributed by atoms with Gasteiger partial charge in [-0.2, -0.15) is 4.72 Å². The van der Waals surface area contributed by atoms with Gasteiger partial charge < -0.3 is 9.84 Å². The molecule has 0 atom stereocenters. The summed E-state index contributed by atoms with van der Waals surface area (Å²) in [6, 6.07) is 12.3. The Kier molecular flexibility index (Phi) is 5.02. The Morgan fingerprint density at radius 3 is 2.05 bits per heavy atom. The van der Waals surface area contributed by atoms with Crippen LogP contribution in [-0.4, -0.2) is 26.0 Å². The van der Waals surface area contributed by atoms with Gasteiger partial charge in [-0.3, -0.25) is 4.79 Å². The molecule has 0 saturated heterocycles. The van der Waals surface area contributed by atoms with Gasteiger partial charge in [-0.15, -0.1) is 0 Å². The molecule has 2 N–H and O–H groups in total. The predicted octanol–water partition coefficient (Wildman–Crippen LogP) is 2.50. The third kappa shape index (κ3) is 4.45. The lowest BCUT2D eigenvalue weighted by atomic mass is 10.3. The Balaban J connectivity index is 2.09. The van der Waals surface area contributed by atoms with Crippen LogP contribution < -0.4 is 9.46 Å². The highest BCUT2D eigenvalue weighted by Gasteiger charge is 2.15. The largest absolute Gasteiger partial charge is 0.480 e.